The molecule has 0 aliphatic heterocycles. The second-order valence-electron chi connectivity index (χ2n) is 14.4. The summed E-state index contributed by atoms with van der Waals surface area (Å²) in [4.78, 5) is 54.1. The van der Waals surface area contributed by atoms with Crippen molar-refractivity contribution in [3.63, 3.8) is 0 Å². The summed E-state index contributed by atoms with van der Waals surface area (Å²) in [6, 6.07) is 9.72. The minimum Gasteiger partial charge on any atom is -0.481 e. The van der Waals surface area contributed by atoms with Gasteiger partial charge in [0.15, 0.2) is 0 Å². The van der Waals surface area contributed by atoms with Gasteiger partial charge in [0.2, 0.25) is 0 Å². The van der Waals surface area contributed by atoms with E-state index in [2.05, 4.69) is 6.58 Å². The zero-order chi connectivity index (χ0) is 39.6. The van der Waals surface area contributed by atoms with Crippen molar-refractivity contribution in [2.75, 3.05) is 33.0 Å². The number of hydrogen-bond acceptors (Lipinski definition) is 10. The molecule has 0 unspecified atom stereocenters. The van der Waals surface area contributed by atoms with Crippen LogP contribution in [0, 0.1) is 21.7 Å². The number of rotatable bonds is 18. The van der Waals surface area contributed by atoms with Crippen molar-refractivity contribution in [3.8, 4) is 0 Å². The number of carboxylic acids is 1. The summed E-state index contributed by atoms with van der Waals surface area (Å²) in [5, 5.41) is 16.8. The van der Waals surface area contributed by atoms with Crippen LogP contribution >= 0.6 is 0 Å². The number of esters is 3. The average Bonchev–Trinajstić information content (AvgIpc) is 3.08. The van der Waals surface area contributed by atoms with Crippen LogP contribution < -0.4 is 0 Å². The van der Waals surface area contributed by atoms with Gasteiger partial charge in [-0.2, -0.15) is 0 Å². The molecule has 1 rings (SSSR count). The highest BCUT2D eigenvalue weighted by Crippen LogP contribution is 2.23. The number of aliphatic hydroxyl groups excluding tert-OH is 1. The van der Waals surface area contributed by atoms with Crippen molar-refractivity contribution in [1.29, 1.82) is 0 Å². The Kier molecular flexibility index (Phi) is 27.1. The Labute approximate surface area is 302 Å². The largest absolute Gasteiger partial charge is 0.481 e. The molecular weight excluding hydrogens is 644 g/mol. The summed E-state index contributed by atoms with van der Waals surface area (Å²) in [7, 11) is 0. The topological polar surface area (TPSA) is 155 Å². The number of carboxylic acid groups (broad SMARTS) is 1. The maximum atomic E-state index is 11.6. The molecule has 11 heteroatoms. The van der Waals surface area contributed by atoms with Gasteiger partial charge >= 0.3 is 23.9 Å². The number of benzene rings is 1. The van der Waals surface area contributed by atoms with Crippen molar-refractivity contribution in [1.82, 2.24) is 0 Å². The van der Waals surface area contributed by atoms with Crippen molar-refractivity contribution in [3.05, 3.63) is 48.0 Å². The number of carbonyl (C=O) groups excluding carboxylic acids is 3. The van der Waals surface area contributed by atoms with Crippen LogP contribution in [0.1, 0.15) is 121 Å². The van der Waals surface area contributed by atoms with E-state index in [-0.39, 0.29) is 49.8 Å². The minimum absolute atomic E-state index is 0.0995. The molecule has 11 nitrogen and oxygen atoms in total. The maximum Gasteiger partial charge on any atom is 0.311 e. The third kappa shape index (κ3) is 24.8. The number of carbonyl (C=O) groups is 4. The van der Waals surface area contributed by atoms with E-state index in [9.17, 15) is 19.2 Å². The third-order valence-electron chi connectivity index (χ3n) is 8.10. The first kappa shape index (κ1) is 51.1. The molecule has 0 aliphatic carbocycles. The molecule has 0 amide bonds. The predicted molar refractivity (Wildman–Crippen MR) is 196 cm³/mol. The van der Waals surface area contributed by atoms with Gasteiger partial charge in [-0.3, -0.25) is 19.2 Å². The fraction of sp³-hybridized carbons (Fsp3) is 0.692. The van der Waals surface area contributed by atoms with E-state index in [4.69, 9.17) is 34.2 Å². The Bertz CT molecular complexity index is 1110. The van der Waals surface area contributed by atoms with E-state index in [0.29, 0.717) is 19.6 Å². The molecule has 0 atom stereocenters. The predicted octanol–water partition coefficient (Wildman–Crippen LogP) is 8.12. The molecule has 0 aliphatic rings. The first-order valence-electron chi connectivity index (χ1n) is 17.3. The zero-order valence-corrected chi connectivity index (χ0v) is 33.2. The summed E-state index contributed by atoms with van der Waals surface area (Å²) in [5.41, 5.74) is 0.129. The SMILES string of the molecule is C=C(C)COOCCOC(=O)C(C)(C)CC.CCC(C)(C)C(=O)O.CCC(C)(C)C(=O)OCCO.CCC(C)(C)C(=O)OCc1ccccc1. The zero-order valence-electron chi connectivity index (χ0n) is 33.2. The third-order valence-corrected chi connectivity index (χ3v) is 8.10. The van der Waals surface area contributed by atoms with E-state index in [0.717, 1.165) is 30.4 Å². The molecule has 1 aromatic rings. The fourth-order valence-corrected chi connectivity index (χ4v) is 2.40. The molecule has 0 saturated heterocycles. The molecular formula is C39H68O11. The van der Waals surface area contributed by atoms with Crippen LogP contribution in [0.15, 0.2) is 42.5 Å². The highest BCUT2D eigenvalue weighted by Gasteiger charge is 2.28. The fourth-order valence-electron chi connectivity index (χ4n) is 2.40. The molecule has 2 N–H and O–H groups in total. The van der Waals surface area contributed by atoms with Crippen LogP contribution in [0.2, 0.25) is 0 Å². The lowest BCUT2D eigenvalue weighted by Crippen LogP contribution is -2.27. The van der Waals surface area contributed by atoms with Gasteiger partial charge in [-0.15, -0.1) is 0 Å². The van der Waals surface area contributed by atoms with E-state index >= 15 is 0 Å². The number of ether oxygens (including phenoxy) is 3. The van der Waals surface area contributed by atoms with Crippen LogP contribution in [0.5, 0.6) is 0 Å². The first-order chi connectivity index (χ1) is 23.0. The van der Waals surface area contributed by atoms with Gasteiger partial charge in [0.25, 0.3) is 0 Å². The number of hydrogen-bond donors (Lipinski definition) is 2. The molecule has 0 radical (unpaired) electrons. The van der Waals surface area contributed by atoms with Crippen LogP contribution in [-0.2, 0) is 49.8 Å². The summed E-state index contributed by atoms with van der Waals surface area (Å²) in [6.07, 6.45) is 2.97. The van der Waals surface area contributed by atoms with Gasteiger partial charge in [-0.25, -0.2) is 9.78 Å². The van der Waals surface area contributed by atoms with Crippen molar-refractivity contribution < 1.29 is 53.4 Å². The first-order valence-corrected chi connectivity index (χ1v) is 17.3. The summed E-state index contributed by atoms with van der Waals surface area (Å²) in [5.74, 6) is -1.30. The maximum absolute atomic E-state index is 11.6. The second kappa shape index (κ2) is 26.5. The Hall–Kier alpha value is -3.28. The van der Waals surface area contributed by atoms with Gasteiger partial charge < -0.3 is 24.4 Å². The summed E-state index contributed by atoms with van der Waals surface area (Å²) >= 11 is 0. The van der Waals surface area contributed by atoms with Crippen LogP contribution in [0.25, 0.3) is 0 Å². The number of aliphatic carboxylic acids is 1. The van der Waals surface area contributed by atoms with Crippen LogP contribution in [0.3, 0.4) is 0 Å². The molecule has 50 heavy (non-hydrogen) atoms. The van der Waals surface area contributed by atoms with E-state index < -0.39 is 22.2 Å². The lowest BCUT2D eigenvalue weighted by atomic mass is 9.91. The normalized spacial score (nSPS) is 11.2. The van der Waals surface area contributed by atoms with Gasteiger partial charge in [0.1, 0.15) is 33.0 Å². The molecule has 290 valence electrons. The van der Waals surface area contributed by atoms with Gasteiger partial charge in [-0.05, 0) is 93.6 Å². The molecule has 0 saturated carbocycles. The Morgan fingerprint density at radius 3 is 1.36 bits per heavy atom. The average molecular weight is 713 g/mol. The van der Waals surface area contributed by atoms with E-state index in [1.54, 1.807) is 13.8 Å². The van der Waals surface area contributed by atoms with Gasteiger partial charge in [-0.1, -0.05) is 70.2 Å². The smallest absolute Gasteiger partial charge is 0.311 e. The lowest BCUT2D eigenvalue weighted by molar-refractivity contribution is -0.292. The molecule has 1 aromatic carbocycles. The Morgan fingerprint density at radius 1 is 0.620 bits per heavy atom. The van der Waals surface area contributed by atoms with Gasteiger partial charge in [0.05, 0.1) is 28.3 Å². The molecule has 0 bridgehead atoms. The minimum atomic E-state index is -0.722. The monoisotopic (exact) mass is 712 g/mol. The molecule has 0 aromatic heterocycles. The highest BCUT2D eigenvalue weighted by atomic mass is 17.2. The van der Waals surface area contributed by atoms with Crippen LogP contribution in [0.4, 0.5) is 0 Å². The van der Waals surface area contributed by atoms with Crippen molar-refractivity contribution in [2.45, 2.75) is 122 Å². The summed E-state index contributed by atoms with van der Waals surface area (Å²) < 4.78 is 15.0. The van der Waals surface area contributed by atoms with Crippen LogP contribution in [-0.4, -0.2) is 67.1 Å². The van der Waals surface area contributed by atoms with Crippen molar-refractivity contribution in [2.24, 2.45) is 21.7 Å². The number of aliphatic hydroxyl groups is 1. The molecule has 0 heterocycles. The summed E-state index contributed by atoms with van der Waals surface area (Å²) in [6.45, 7) is 29.0. The second-order valence-corrected chi connectivity index (χ2v) is 14.4. The van der Waals surface area contributed by atoms with E-state index in [1.165, 1.54) is 0 Å². The standard InChI is InChI=1S/C13H18O2.C12H22O4.C8H16O3.C6H12O2/c1-4-13(2,3)12(14)15-10-11-8-6-5-7-9-11;1-6-12(4,5)11(13)14-7-8-15-16-9-10(2)3;1-4-8(2,3)7(10)11-6-5-9;1-4-6(2,3)5(7)8/h5-9H,4,10H2,1-3H3;2,6-9H2,1,3-5H3;9H,4-6H2,1-3H3;4H2,1-3H3,(H,7,8). The van der Waals surface area contributed by atoms with Gasteiger partial charge in [0, 0.05) is 0 Å². The molecule has 0 spiro atoms. The Morgan fingerprint density at radius 2 is 1.02 bits per heavy atom. The quantitative estimate of drug-likeness (QED) is 0.0379. The van der Waals surface area contributed by atoms with E-state index in [1.807, 2.05) is 106 Å². The van der Waals surface area contributed by atoms with Crippen molar-refractivity contribution >= 4 is 23.9 Å². The highest BCUT2D eigenvalue weighted by molar-refractivity contribution is 5.76. The Balaban J connectivity index is -0.000000608. The molecule has 0 fully saturated rings. The lowest BCUT2D eigenvalue weighted by Gasteiger charge is -2.20.